The standard InChI is InChI=1S/C12H9BO2S/c14-13(15)8-5-6-12-10(7-8)9-3-1-2-4-11(9)16-12/h1-7,14-15H. The lowest BCUT2D eigenvalue weighted by Crippen LogP contribution is -2.29. The Morgan fingerprint density at radius 2 is 1.62 bits per heavy atom. The van der Waals surface area contributed by atoms with Gasteiger partial charge in [-0.15, -0.1) is 11.3 Å². The Hall–Kier alpha value is -1.36. The lowest BCUT2D eigenvalue weighted by atomic mass is 9.80. The van der Waals surface area contributed by atoms with Crippen molar-refractivity contribution in [1.82, 2.24) is 0 Å². The lowest BCUT2D eigenvalue weighted by molar-refractivity contribution is 0.426. The van der Waals surface area contributed by atoms with Crippen LogP contribution in [-0.2, 0) is 0 Å². The van der Waals surface area contributed by atoms with E-state index < -0.39 is 7.12 Å². The minimum Gasteiger partial charge on any atom is -0.423 e. The van der Waals surface area contributed by atoms with Gasteiger partial charge < -0.3 is 10.0 Å². The molecule has 2 nitrogen and oxygen atoms in total. The summed E-state index contributed by atoms with van der Waals surface area (Å²) in [5.74, 6) is 0. The van der Waals surface area contributed by atoms with Gasteiger partial charge in [0.15, 0.2) is 0 Å². The van der Waals surface area contributed by atoms with Crippen LogP contribution in [0.3, 0.4) is 0 Å². The fourth-order valence-electron chi connectivity index (χ4n) is 1.90. The molecule has 16 heavy (non-hydrogen) atoms. The SMILES string of the molecule is OB(O)c1ccc2sc3ccccc3c2c1. The van der Waals surface area contributed by atoms with Crippen LogP contribution in [-0.4, -0.2) is 17.2 Å². The summed E-state index contributed by atoms with van der Waals surface area (Å²) in [6, 6.07) is 13.7. The van der Waals surface area contributed by atoms with E-state index in [1.165, 1.54) is 14.8 Å². The molecule has 0 saturated heterocycles. The third kappa shape index (κ3) is 1.43. The molecule has 0 saturated carbocycles. The monoisotopic (exact) mass is 228 g/mol. The molecular formula is C12H9BO2S. The van der Waals surface area contributed by atoms with Crippen molar-refractivity contribution < 1.29 is 10.0 Å². The van der Waals surface area contributed by atoms with E-state index in [-0.39, 0.29) is 0 Å². The molecule has 0 unspecified atom stereocenters. The highest BCUT2D eigenvalue weighted by Gasteiger charge is 2.12. The second-order valence-corrected chi connectivity index (χ2v) is 4.81. The zero-order chi connectivity index (χ0) is 11.1. The first-order valence-corrected chi connectivity index (χ1v) is 5.85. The maximum Gasteiger partial charge on any atom is 0.488 e. The summed E-state index contributed by atoms with van der Waals surface area (Å²) in [5.41, 5.74) is 0.538. The van der Waals surface area contributed by atoms with Crippen LogP contribution in [0.15, 0.2) is 42.5 Å². The van der Waals surface area contributed by atoms with Gasteiger partial charge in [0.25, 0.3) is 0 Å². The summed E-state index contributed by atoms with van der Waals surface area (Å²) in [4.78, 5) is 0. The molecule has 1 aromatic heterocycles. The molecule has 4 heteroatoms. The van der Waals surface area contributed by atoms with E-state index in [9.17, 15) is 0 Å². The molecule has 0 spiro atoms. The molecule has 2 N–H and O–H groups in total. The first kappa shape index (κ1) is 9.84. The Bertz CT molecular complexity index is 660. The van der Waals surface area contributed by atoms with Crippen molar-refractivity contribution in [1.29, 1.82) is 0 Å². The molecule has 2 aromatic carbocycles. The minimum atomic E-state index is -1.40. The zero-order valence-corrected chi connectivity index (χ0v) is 9.24. The smallest absolute Gasteiger partial charge is 0.423 e. The Morgan fingerprint density at radius 1 is 0.875 bits per heavy atom. The number of benzene rings is 2. The largest absolute Gasteiger partial charge is 0.488 e. The van der Waals surface area contributed by atoms with Crippen molar-refractivity contribution in [3.8, 4) is 0 Å². The average molecular weight is 228 g/mol. The van der Waals surface area contributed by atoms with Gasteiger partial charge in [-0.2, -0.15) is 0 Å². The maximum absolute atomic E-state index is 9.15. The normalized spacial score (nSPS) is 11.1. The number of hydrogen-bond donors (Lipinski definition) is 2. The lowest BCUT2D eigenvalue weighted by Gasteiger charge is -1.98. The summed E-state index contributed by atoms with van der Waals surface area (Å²) in [6.07, 6.45) is 0. The van der Waals surface area contributed by atoms with Crippen LogP contribution >= 0.6 is 11.3 Å². The maximum atomic E-state index is 9.15. The van der Waals surface area contributed by atoms with Gasteiger partial charge in [-0.3, -0.25) is 0 Å². The van der Waals surface area contributed by atoms with E-state index in [0.29, 0.717) is 5.46 Å². The van der Waals surface area contributed by atoms with E-state index in [1.54, 1.807) is 17.4 Å². The number of thiophene rings is 1. The molecule has 0 aliphatic carbocycles. The molecule has 0 aliphatic heterocycles. The third-order valence-corrected chi connectivity index (χ3v) is 3.85. The second-order valence-electron chi connectivity index (χ2n) is 3.73. The molecule has 0 fully saturated rings. The topological polar surface area (TPSA) is 40.5 Å². The molecule has 0 aliphatic rings. The highest BCUT2D eigenvalue weighted by molar-refractivity contribution is 7.25. The Kier molecular flexibility index (Phi) is 2.21. The van der Waals surface area contributed by atoms with E-state index in [1.807, 2.05) is 24.3 Å². The average Bonchev–Trinajstić information content (AvgIpc) is 2.66. The van der Waals surface area contributed by atoms with Crippen molar-refractivity contribution in [2.24, 2.45) is 0 Å². The van der Waals surface area contributed by atoms with Gasteiger partial charge in [0.05, 0.1) is 0 Å². The van der Waals surface area contributed by atoms with Gasteiger partial charge in [0.1, 0.15) is 0 Å². The van der Waals surface area contributed by atoms with E-state index >= 15 is 0 Å². The van der Waals surface area contributed by atoms with Gasteiger partial charge in [0, 0.05) is 14.8 Å². The van der Waals surface area contributed by atoms with Gasteiger partial charge in [-0.1, -0.05) is 30.3 Å². The number of fused-ring (bicyclic) bond motifs is 3. The molecule has 3 aromatic rings. The van der Waals surface area contributed by atoms with Crippen LogP contribution in [0, 0.1) is 0 Å². The Labute approximate surface area is 96.9 Å². The molecule has 0 amide bonds. The molecule has 0 atom stereocenters. The summed E-state index contributed by atoms with van der Waals surface area (Å²) in [7, 11) is -1.40. The van der Waals surface area contributed by atoms with Crippen molar-refractivity contribution in [3.63, 3.8) is 0 Å². The number of rotatable bonds is 1. The predicted molar refractivity (Wildman–Crippen MR) is 69.2 cm³/mol. The minimum absolute atomic E-state index is 0.538. The highest BCUT2D eigenvalue weighted by atomic mass is 32.1. The summed E-state index contributed by atoms with van der Waals surface area (Å²) < 4.78 is 2.40. The van der Waals surface area contributed by atoms with E-state index in [0.717, 1.165) is 5.39 Å². The van der Waals surface area contributed by atoms with Gasteiger partial charge in [-0.25, -0.2) is 0 Å². The van der Waals surface area contributed by atoms with Crippen LogP contribution in [0.4, 0.5) is 0 Å². The zero-order valence-electron chi connectivity index (χ0n) is 8.42. The van der Waals surface area contributed by atoms with Gasteiger partial charge in [-0.05, 0) is 23.0 Å². The quantitative estimate of drug-likeness (QED) is 0.622. The summed E-state index contributed by atoms with van der Waals surface area (Å²) in [6.45, 7) is 0. The molecular weight excluding hydrogens is 219 g/mol. The Morgan fingerprint density at radius 3 is 2.44 bits per heavy atom. The molecule has 3 rings (SSSR count). The van der Waals surface area contributed by atoms with Crippen LogP contribution in [0.2, 0.25) is 0 Å². The van der Waals surface area contributed by atoms with Crippen LogP contribution < -0.4 is 5.46 Å². The predicted octanol–water partition coefficient (Wildman–Crippen LogP) is 1.73. The Balaban J connectivity index is 2.40. The number of hydrogen-bond acceptors (Lipinski definition) is 3. The third-order valence-electron chi connectivity index (χ3n) is 2.70. The molecule has 1 heterocycles. The van der Waals surface area contributed by atoms with Crippen molar-refractivity contribution in [2.75, 3.05) is 0 Å². The highest BCUT2D eigenvalue weighted by Crippen LogP contribution is 2.32. The molecule has 0 bridgehead atoms. The fourth-order valence-corrected chi connectivity index (χ4v) is 2.99. The molecule has 78 valence electrons. The fraction of sp³-hybridized carbons (Fsp3) is 0. The first-order valence-electron chi connectivity index (χ1n) is 5.03. The second kappa shape index (κ2) is 3.59. The van der Waals surface area contributed by atoms with Gasteiger partial charge >= 0.3 is 7.12 Å². The van der Waals surface area contributed by atoms with Gasteiger partial charge in [0.2, 0.25) is 0 Å². The summed E-state index contributed by atoms with van der Waals surface area (Å²) >= 11 is 1.72. The van der Waals surface area contributed by atoms with Crippen molar-refractivity contribution in [3.05, 3.63) is 42.5 Å². The van der Waals surface area contributed by atoms with Crippen LogP contribution in [0.1, 0.15) is 0 Å². The summed E-state index contributed by atoms with van der Waals surface area (Å²) in [5, 5.41) is 20.6. The molecule has 0 radical (unpaired) electrons. The van der Waals surface area contributed by atoms with Crippen LogP contribution in [0.25, 0.3) is 20.2 Å². The first-order chi connectivity index (χ1) is 7.75. The van der Waals surface area contributed by atoms with Crippen molar-refractivity contribution >= 4 is 44.1 Å². The van der Waals surface area contributed by atoms with E-state index in [2.05, 4.69) is 12.1 Å². The van der Waals surface area contributed by atoms with Crippen LogP contribution in [0.5, 0.6) is 0 Å². The van der Waals surface area contributed by atoms with Crippen molar-refractivity contribution in [2.45, 2.75) is 0 Å². The van der Waals surface area contributed by atoms with E-state index in [4.69, 9.17) is 10.0 Å².